The lowest BCUT2D eigenvalue weighted by molar-refractivity contribution is 0.579. The van der Waals surface area contributed by atoms with Gasteiger partial charge in [-0.15, -0.1) is 0 Å². The number of sulfonamides is 1. The third-order valence-electron chi connectivity index (χ3n) is 2.75. The summed E-state index contributed by atoms with van der Waals surface area (Å²) in [6.07, 6.45) is 0. The summed E-state index contributed by atoms with van der Waals surface area (Å²) >= 11 is 0. The molecule has 2 aromatic rings. The minimum absolute atomic E-state index is 0.0716. The highest BCUT2D eigenvalue weighted by Crippen LogP contribution is 2.14. The molecule has 0 atom stereocenters. The molecule has 0 saturated heterocycles. The van der Waals surface area contributed by atoms with E-state index in [0.717, 1.165) is 11.6 Å². The summed E-state index contributed by atoms with van der Waals surface area (Å²) in [6, 6.07) is 12.9. The molecular formula is C14H14FNO2S. The first-order valence-corrected chi connectivity index (χ1v) is 7.27. The van der Waals surface area contributed by atoms with Crippen molar-refractivity contribution >= 4 is 10.0 Å². The highest BCUT2D eigenvalue weighted by Gasteiger charge is 2.14. The van der Waals surface area contributed by atoms with Crippen LogP contribution in [0.25, 0.3) is 0 Å². The van der Waals surface area contributed by atoms with Gasteiger partial charge in [-0.3, -0.25) is 0 Å². The van der Waals surface area contributed by atoms with Crippen LogP contribution in [0.1, 0.15) is 11.1 Å². The van der Waals surface area contributed by atoms with Crippen molar-refractivity contribution in [3.05, 3.63) is 65.5 Å². The quantitative estimate of drug-likeness (QED) is 0.935. The van der Waals surface area contributed by atoms with Gasteiger partial charge in [0.1, 0.15) is 5.82 Å². The molecule has 0 aromatic heterocycles. The number of rotatable bonds is 4. The van der Waals surface area contributed by atoms with Gasteiger partial charge in [-0.1, -0.05) is 30.3 Å². The highest BCUT2D eigenvalue weighted by atomic mass is 32.2. The molecule has 0 aliphatic heterocycles. The molecular weight excluding hydrogens is 265 g/mol. The summed E-state index contributed by atoms with van der Waals surface area (Å²) in [4.78, 5) is 0.0716. The molecule has 2 rings (SSSR count). The van der Waals surface area contributed by atoms with Crippen LogP contribution in [0.2, 0.25) is 0 Å². The fourth-order valence-corrected chi connectivity index (χ4v) is 2.74. The van der Waals surface area contributed by atoms with E-state index in [4.69, 9.17) is 0 Å². The largest absolute Gasteiger partial charge is 0.240 e. The van der Waals surface area contributed by atoms with Gasteiger partial charge < -0.3 is 0 Å². The van der Waals surface area contributed by atoms with Gasteiger partial charge >= 0.3 is 0 Å². The number of nitrogens with one attached hydrogen (secondary N) is 1. The molecule has 0 fully saturated rings. The van der Waals surface area contributed by atoms with Crippen molar-refractivity contribution in [3.8, 4) is 0 Å². The van der Waals surface area contributed by atoms with Gasteiger partial charge in [-0.2, -0.15) is 0 Å². The third kappa shape index (κ3) is 3.39. The van der Waals surface area contributed by atoms with Gasteiger partial charge in [0, 0.05) is 6.54 Å². The predicted molar refractivity (Wildman–Crippen MR) is 71.6 cm³/mol. The summed E-state index contributed by atoms with van der Waals surface area (Å²) < 4.78 is 39.7. The monoisotopic (exact) mass is 279 g/mol. The van der Waals surface area contributed by atoms with E-state index in [2.05, 4.69) is 4.72 Å². The lowest BCUT2D eigenvalue weighted by Gasteiger charge is -2.08. The normalized spacial score (nSPS) is 11.5. The van der Waals surface area contributed by atoms with E-state index in [-0.39, 0.29) is 11.4 Å². The Hall–Kier alpha value is -1.72. The van der Waals surface area contributed by atoms with Crippen LogP contribution >= 0.6 is 0 Å². The molecule has 0 saturated carbocycles. The summed E-state index contributed by atoms with van der Waals surface area (Å²) in [5.74, 6) is -0.415. The molecule has 19 heavy (non-hydrogen) atoms. The Bertz CT molecular complexity index is 669. The van der Waals surface area contributed by atoms with Gasteiger partial charge in [0.15, 0.2) is 0 Å². The van der Waals surface area contributed by atoms with Gasteiger partial charge in [0.25, 0.3) is 0 Å². The van der Waals surface area contributed by atoms with E-state index in [1.165, 1.54) is 19.1 Å². The number of hydrogen-bond acceptors (Lipinski definition) is 2. The van der Waals surface area contributed by atoms with Gasteiger partial charge in [0.05, 0.1) is 4.90 Å². The van der Waals surface area contributed by atoms with Crippen molar-refractivity contribution < 1.29 is 12.8 Å². The van der Waals surface area contributed by atoms with Crippen molar-refractivity contribution in [1.82, 2.24) is 4.72 Å². The number of halogens is 1. The minimum atomic E-state index is -3.61. The average Bonchev–Trinajstić information content (AvgIpc) is 2.41. The second-order valence-corrected chi connectivity index (χ2v) is 5.99. The van der Waals surface area contributed by atoms with E-state index < -0.39 is 15.8 Å². The molecule has 100 valence electrons. The number of hydrogen-bond donors (Lipinski definition) is 1. The summed E-state index contributed by atoms with van der Waals surface area (Å²) in [6.45, 7) is 1.74. The molecule has 0 unspecified atom stereocenters. The maximum atomic E-state index is 13.1. The van der Waals surface area contributed by atoms with Crippen LogP contribution in [0.4, 0.5) is 4.39 Å². The maximum Gasteiger partial charge on any atom is 0.240 e. The van der Waals surface area contributed by atoms with Crippen molar-refractivity contribution in [3.63, 3.8) is 0 Å². The zero-order valence-electron chi connectivity index (χ0n) is 10.4. The van der Waals surface area contributed by atoms with Gasteiger partial charge in [0.2, 0.25) is 10.0 Å². The van der Waals surface area contributed by atoms with Gasteiger partial charge in [-0.25, -0.2) is 17.5 Å². The van der Waals surface area contributed by atoms with Crippen LogP contribution in [0.15, 0.2) is 53.4 Å². The first-order valence-electron chi connectivity index (χ1n) is 5.79. The predicted octanol–water partition coefficient (Wildman–Crippen LogP) is 2.61. The molecule has 2 aromatic carbocycles. The Kier molecular flexibility index (Phi) is 3.97. The minimum Gasteiger partial charge on any atom is -0.207 e. The average molecular weight is 279 g/mol. The topological polar surface area (TPSA) is 46.2 Å². The maximum absolute atomic E-state index is 13.1. The van der Waals surface area contributed by atoms with Crippen LogP contribution in [0.5, 0.6) is 0 Å². The molecule has 3 nitrogen and oxygen atoms in total. The zero-order valence-corrected chi connectivity index (χ0v) is 11.2. The Morgan fingerprint density at radius 2 is 1.79 bits per heavy atom. The Morgan fingerprint density at radius 3 is 2.42 bits per heavy atom. The highest BCUT2D eigenvalue weighted by molar-refractivity contribution is 7.89. The van der Waals surface area contributed by atoms with Crippen molar-refractivity contribution in [1.29, 1.82) is 0 Å². The lowest BCUT2D eigenvalue weighted by Crippen LogP contribution is -2.23. The van der Waals surface area contributed by atoms with Crippen molar-refractivity contribution in [2.75, 3.05) is 0 Å². The third-order valence-corrected chi connectivity index (χ3v) is 4.15. The number of benzene rings is 2. The molecule has 0 spiro atoms. The smallest absolute Gasteiger partial charge is 0.207 e. The Balaban J connectivity index is 2.16. The first-order chi connectivity index (χ1) is 8.99. The summed E-state index contributed by atoms with van der Waals surface area (Å²) in [5, 5.41) is 0. The zero-order chi connectivity index (χ0) is 13.9. The molecule has 0 bridgehead atoms. The molecule has 0 heterocycles. The van der Waals surface area contributed by atoms with E-state index in [1.807, 2.05) is 30.3 Å². The van der Waals surface area contributed by atoms with Crippen LogP contribution in [-0.4, -0.2) is 8.42 Å². The number of aryl methyl sites for hydroxylation is 1. The summed E-state index contributed by atoms with van der Waals surface area (Å²) in [7, 11) is -3.61. The fraction of sp³-hybridized carbons (Fsp3) is 0.143. The van der Waals surface area contributed by atoms with Crippen LogP contribution in [-0.2, 0) is 16.6 Å². The van der Waals surface area contributed by atoms with E-state index in [0.29, 0.717) is 5.56 Å². The summed E-state index contributed by atoms with van der Waals surface area (Å²) in [5.41, 5.74) is 1.17. The van der Waals surface area contributed by atoms with E-state index in [1.54, 1.807) is 0 Å². The lowest BCUT2D eigenvalue weighted by atomic mass is 10.2. The molecule has 0 radical (unpaired) electrons. The van der Waals surface area contributed by atoms with Crippen molar-refractivity contribution in [2.45, 2.75) is 18.4 Å². The van der Waals surface area contributed by atoms with Crippen LogP contribution in [0, 0.1) is 12.7 Å². The molecule has 1 N–H and O–H groups in total. The molecule has 0 amide bonds. The van der Waals surface area contributed by atoms with E-state index in [9.17, 15) is 12.8 Å². The van der Waals surface area contributed by atoms with Crippen molar-refractivity contribution in [2.24, 2.45) is 0 Å². The molecule has 0 aliphatic carbocycles. The second kappa shape index (κ2) is 5.50. The first kappa shape index (κ1) is 13.7. The van der Waals surface area contributed by atoms with Crippen LogP contribution < -0.4 is 4.72 Å². The second-order valence-electron chi connectivity index (χ2n) is 4.22. The Labute approximate surface area is 112 Å². The Morgan fingerprint density at radius 1 is 1.11 bits per heavy atom. The standard InChI is InChI=1S/C14H14FNO2S/c1-11-9-13(7-8-14(11)15)19(17,18)16-10-12-5-3-2-4-6-12/h2-9,16H,10H2,1H3. The molecule has 0 aliphatic rings. The van der Waals surface area contributed by atoms with Gasteiger partial charge in [-0.05, 0) is 36.2 Å². The fourth-order valence-electron chi connectivity index (χ4n) is 1.64. The van der Waals surface area contributed by atoms with Crippen LogP contribution in [0.3, 0.4) is 0 Å². The molecule has 5 heteroatoms. The SMILES string of the molecule is Cc1cc(S(=O)(=O)NCc2ccccc2)ccc1F. The van der Waals surface area contributed by atoms with E-state index >= 15 is 0 Å².